The maximum absolute atomic E-state index is 9.76. The van der Waals surface area contributed by atoms with Crippen molar-refractivity contribution in [3.8, 4) is 0 Å². The third kappa shape index (κ3) is 3.24. The minimum Gasteiger partial charge on any atom is -0.481 e. The third-order valence-electron chi connectivity index (χ3n) is 2.95. The molecule has 1 aliphatic carbocycles. The van der Waals surface area contributed by atoms with Crippen molar-refractivity contribution >= 4 is 0 Å². The molecule has 1 saturated carbocycles. The summed E-state index contributed by atoms with van der Waals surface area (Å²) in [5.41, 5.74) is 1.13. The number of hydrogen-bond donors (Lipinski definition) is 1. The first-order valence-corrected chi connectivity index (χ1v) is 5.85. The summed E-state index contributed by atoms with van der Waals surface area (Å²) in [7, 11) is 0. The van der Waals surface area contributed by atoms with E-state index in [4.69, 9.17) is 4.74 Å². The Morgan fingerprint density at radius 3 is 2.29 bits per heavy atom. The van der Waals surface area contributed by atoms with Gasteiger partial charge in [0.25, 0.3) is 5.95 Å². The Morgan fingerprint density at radius 1 is 1.21 bits per heavy atom. The molecule has 14 heavy (non-hydrogen) atoms. The molecular formula is C12H22O2. The lowest BCUT2D eigenvalue weighted by atomic mass is 9.95. The van der Waals surface area contributed by atoms with Gasteiger partial charge in [0.15, 0.2) is 0 Å². The van der Waals surface area contributed by atoms with Crippen molar-refractivity contribution in [3.63, 3.8) is 0 Å². The van der Waals surface area contributed by atoms with Crippen LogP contribution in [0.3, 0.4) is 0 Å². The van der Waals surface area contributed by atoms with E-state index in [2.05, 4.69) is 13.8 Å². The molecule has 1 N–H and O–H groups in total. The van der Waals surface area contributed by atoms with Gasteiger partial charge in [0.05, 0.1) is 0 Å². The summed E-state index contributed by atoms with van der Waals surface area (Å²) in [4.78, 5) is 0. The first kappa shape index (κ1) is 11.4. The fourth-order valence-corrected chi connectivity index (χ4v) is 1.89. The van der Waals surface area contributed by atoms with E-state index in [0.29, 0.717) is 0 Å². The number of allylic oxidation sites excluding steroid dienone is 1. The molecule has 0 heterocycles. The third-order valence-corrected chi connectivity index (χ3v) is 2.95. The fourth-order valence-electron chi connectivity index (χ4n) is 1.89. The molecular weight excluding hydrogens is 176 g/mol. The smallest absolute Gasteiger partial charge is 0.275 e. The molecule has 0 unspecified atom stereocenters. The monoisotopic (exact) mass is 198 g/mol. The summed E-state index contributed by atoms with van der Waals surface area (Å²) in [6.45, 7) is 4.18. The highest BCUT2D eigenvalue weighted by Crippen LogP contribution is 2.26. The number of ether oxygens (including phenoxy) is 1. The lowest BCUT2D eigenvalue weighted by molar-refractivity contribution is 0.0230. The highest BCUT2D eigenvalue weighted by atomic mass is 16.6. The molecule has 0 amide bonds. The zero-order valence-corrected chi connectivity index (χ0v) is 9.38. The Labute approximate surface area is 87.0 Å². The van der Waals surface area contributed by atoms with Gasteiger partial charge >= 0.3 is 0 Å². The second-order valence-corrected chi connectivity index (χ2v) is 4.03. The minimum atomic E-state index is 0.185. The number of hydrogen-bond acceptors (Lipinski definition) is 2. The molecule has 2 nitrogen and oxygen atoms in total. The van der Waals surface area contributed by atoms with E-state index < -0.39 is 0 Å². The van der Waals surface area contributed by atoms with Crippen LogP contribution in [0.1, 0.15) is 58.8 Å². The molecule has 0 saturated heterocycles. The van der Waals surface area contributed by atoms with E-state index in [9.17, 15) is 5.11 Å². The Morgan fingerprint density at radius 2 is 1.79 bits per heavy atom. The first-order valence-electron chi connectivity index (χ1n) is 5.85. The average molecular weight is 198 g/mol. The van der Waals surface area contributed by atoms with Crippen molar-refractivity contribution in [1.29, 1.82) is 0 Å². The van der Waals surface area contributed by atoms with Gasteiger partial charge in [-0.15, -0.1) is 0 Å². The quantitative estimate of drug-likeness (QED) is 0.694. The number of rotatable bonds is 4. The molecule has 0 bridgehead atoms. The van der Waals surface area contributed by atoms with E-state index in [-0.39, 0.29) is 12.0 Å². The van der Waals surface area contributed by atoms with Crippen molar-refractivity contribution < 1.29 is 9.84 Å². The Balaban J connectivity index is 2.48. The summed E-state index contributed by atoms with van der Waals surface area (Å²) < 4.78 is 5.52. The van der Waals surface area contributed by atoms with Crippen LogP contribution in [0.25, 0.3) is 0 Å². The van der Waals surface area contributed by atoms with Crippen LogP contribution in [0, 0.1) is 0 Å². The molecule has 82 valence electrons. The van der Waals surface area contributed by atoms with E-state index in [1.54, 1.807) is 0 Å². The average Bonchev–Trinajstić information content (AvgIpc) is 2.26. The second kappa shape index (κ2) is 5.94. The van der Waals surface area contributed by atoms with Gasteiger partial charge < -0.3 is 9.84 Å². The van der Waals surface area contributed by atoms with Crippen LogP contribution in [0.15, 0.2) is 11.5 Å². The molecule has 1 rings (SSSR count). The van der Waals surface area contributed by atoms with Crippen LogP contribution in [-0.2, 0) is 4.74 Å². The molecule has 0 spiro atoms. The van der Waals surface area contributed by atoms with Crippen LogP contribution in [-0.4, -0.2) is 11.2 Å². The van der Waals surface area contributed by atoms with Gasteiger partial charge in [0, 0.05) is 5.57 Å². The predicted molar refractivity (Wildman–Crippen MR) is 58.2 cm³/mol. The molecule has 1 aliphatic rings. The summed E-state index contributed by atoms with van der Waals surface area (Å²) in [5, 5.41) is 9.76. The number of aliphatic hydroxyl groups excluding tert-OH is 1. The van der Waals surface area contributed by atoms with Crippen LogP contribution in [0.2, 0.25) is 0 Å². The largest absolute Gasteiger partial charge is 0.481 e. The summed E-state index contributed by atoms with van der Waals surface area (Å²) in [6.07, 6.45) is 7.85. The minimum absolute atomic E-state index is 0.185. The summed E-state index contributed by atoms with van der Waals surface area (Å²) in [6, 6.07) is 0. The maximum atomic E-state index is 9.76. The lowest BCUT2D eigenvalue weighted by Crippen LogP contribution is -2.12. The van der Waals surface area contributed by atoms with Crippen LogP contribution < -0.4 is 0 Å². The molecule has 0 aromatic heterocycles. The van der Waals surface area contributed by atoms with E-state index in [1.165, 1.54) is 19.3 Å². The molecule has 0 aromatic rings. The normalized spacial score (nSPS) is 17.2. The second-order valence-electron chi connectivity index (χ2n) is 4.03. The molecule has 0 radical (unpaired) electrons. The van der Waals surface area contributed by atoms with E-state index >= 15 is 0 Å². The molecule has 2 heteroatoms. The van der Waals surface area contributed by atoms with Crippen molar-refractivity contribution in [2.24, 2.45) is 0 Å². The van der Waals surface area contributed by atoms with Gasteiger partial charge in [-0.2, -0.15) is 0 Å². The van der Waals surface area contributed by atoms with Gasteiger partial charge in [-0.1, -0.05) is 20.3 Å². The van der Waals surface area contributed by atoms with Crippen molar-refractivity contribution in [1.82, 2.24) is 0 Å². The molecule has 0 aromatic carbocycles. The van der Waals surface area contributed by atoms with Crippen molar-refractivity contribution in [2.75, 3.05) is 0 Å². The highest BCUT2D eigenvalue weighted by Gasteiger charge is 2.14. The SMILES string of the molecule is CCC(CC)OC(O)=C1CCCCC1. The number of aliphatic hydroxyl groups is 1. The van der Waals surface area contributed by atoms with Gasteiger partial charge in [0.1, 0.15) is 6.10 Å². The van der Waals surface area contributed by atoms with Gasteiger partial charge in [-0.3, -0.25) is 0 Å². The Kier molecular flexibility index (Phi) is 4.85. The molecule has 1 fully saturated rings. The zero-order chi connectivity index (χ0) is 10.4. The molecule has 0 atom stereocenters. The topological polar surface area (TPSA) is 29.5 Å². The Bertz CT molecular complexity index is 184. The maximum Gasteiger partial charge on any atom is 0.275 e. The summed E-state index contributed by atoms with van der Waals surface area (Å²) >= 11 is 0. The van der Waals surface area contributed by atoms with Crippen molar-refractivity contribution in [3.05, 3.63) is 11.5 Å². The Hall–Kier alpha value is -0.660. The standard InChI is InChI=1S/C12H22O2/c1-3-11(4-2)14-12(13)10-8-6-5-7-9-10/h11,13H,3-9H2,1-2H3. The fraction of sp³-hybridized carbons (Fsp3) is 0.833. The van der Waals surface area contributed by atoms with Crippen LogP contribution >= 0.6 is 0 Å². The highest BCUT2D eigenvalue weighted by molar-refractivity contribution is 5.05. The van der Waals surface area contributed by atoms with Crippen molar-refractivity contribution in [2.45, 2.75) is 64.9 Å². The lowest BCUT2D eigenvalue weighted by Gasteiger charge is -2.19. The first-order chi connectivity index (χ1) is 6.77. The van der Waals surface area contributed by atoms with Gasteiger partial charge in [-0.25, -0.2) is 0 Å². The van der Waals surface area contributed by atoms with E-state index in [1.807, 2.05) is 0 Å². The van der Waals surface area contributed by atoms with Gasteiger partial charge in [-0.05, 0) is 38.5 Å². The van der Waals surface area contributed by atoms with Crippen LogP contribution in [0.4, 0.5) is 0 Å². The summed E-state index contributed by atoms with van der Waals surface area (Å²) in [5.74, 6) is 0.221. The predicted octanol–water partition coefficient (Wildman–Crippen LogP) is 3.93. The molecule has 0 aliphatic heterocycles. The zero-order valence-electron chi connectivity index (χ0n) is 9.38. The van der Waals surface area contributed by atoms with E-state index in [0.717, 1.165) is 31.3 Å². The van der Waals surface area contributed by atoms with Crippen LogP contribution in [0.5, 0.6) is 0 Å². The van der Waals surface area contributed by atoms with Gasteiger partial charge in [0.2, 0.25) is 0 Å².